The molecule has 0 aromatic heterocycles. The van der Waals surface area contributed by atoms with Crippen molar-refractivity contribution in [3.63, 3.8) is 0 Å². The normalized spacial score (nSPS) is 11.9. The number of anilines is 1. The summed E-state index contributed by atoms with van der Waals surface area (Å²) in [5.74, 6) is -1.56. The Morgan fingerprint density at radius 3 is 2.39 bits per heavy atom. The number of nitrogens with one attached hydrogen (secondary N) is 2. The van der Waals surface area contributed by atoms with Gasteiger partial charge in [0, 0.05) is 5.56 Å². The van der Waals surface area contributed by atoms with Crippen LogP contribution in [0.15, 0.2) is 53.4 Å². The van der Waals surface area contributed by atoms with E-state index >= 15 is 0 Å². The predicted molar refractivity (Wildman–Crippen MR) is 88.7 cm³/mol. The van der Waals surface area contributed by atoms with Crippen LogP contribution in [0.4, 0.5) is 27.6 Å². The molecule has 0 aliphatic carbocycles. The van der Waals surface area contributed by atoms with Crippen LogP contribution in [0.5, 0.6) is 5.75 Å². The number of carbonyl (C=O) groups is 1. The van der Waals surface area contributed by atoms with E-state index < -0.39 is 45.9 Å². The molecule has 0 heterocycles. The van der Waals surface area contributed by atoms with Gasteiger partial charge in [-0.3, -0.25) is 9.52 Å². The molecule has 0 bridgehead atoms. The van der Waals surface area contributed by atoms with Crippen molar-refractivity contribution in [2.24, 2.45) is 0 Å². The molecule has 152 valence electrons. The predicted octanol–water partition coefficient (Wildman–Crippen LogP) is 3.38. The minimum Gasteiger partial charge on any atom is -0.433 e. The fourth-order valence-corrected chi connectivity index (χ4v) is 3.16. The first-order valence-electron chi connectivity index (χ1n) is 7.49. The van der Waals surface area contributed by atoms with Crippen LogP contribution in [0.2, 0.25) is 0 Å². The average molecular weight is 424 g/mol. The number of sulfonamides is 1. The number of ether oxygens (including phenoxy) is 1. The van der Waals surface area contributed by atoms with Crippen LogP contribution in [-0.4, -0.2) is 33.7 Å². The van der Waals surface area contributed by atoms with Gasteiger partial charge >= 0.3 is 12.8 Å². The third-order valence-corrected chi connectivity index (χ3v) is 4.57. The maximum Gasteiger partial charge on any atom is 0.405 e. The van der Waals surface area contributed by atoms with Gasteiger partial charge in [-0.2, -0.15) is 22.0 Å². The van der Waals surface area contributed by atoms with Gasteiger partial charge in [-0.1, -0.05) is 18.2 Å². The van der Waals surface area contributed by atoms with E-state index in [1.165, 1.54) is 18.2 Å². The molecule has 0 radical (unpaired) electrons. The van der Waals surface area contributed by atoms with Gasteiger partial charge in [-0.25, -0.2) is 8.42 Å². The number of para-hydroxylation sites is 2. The maximum atomic E-state index is 12.5. The van der Waals surface area contributed by atoms with E-state index in [0.29, 0.717) is 0 Å². The Morgan fingerprint density at radius 1 is 1.07 bits per heavy atom. The number of rotatable bonds is 7. The lowest BCUT2D eigenvalue weighted by atomic mass is 10.2. The van der Waals surface area contributed by atoms with Crippen LogP contribution in [0, 0.1) is 0 Å². The Morgan fingerprint density at radius 2 is 1.75 bits per heavy atom. The smallest absolute Gasteiger partial charge is 0.405 e. The van der Waals surface area contributed by atoms with Gasteiger partial charge in [0.25, 0.3) is 15.9 Å². The summed E-state index contributed by atoms with van der Waals surface area (Å²) in [7, 11) is -4.35. The first-order chi connectivity index (χ1) is 13.0. The van der Waals surface area contributed by atoms with Crippen LogP contribution >= 0.6 is 0 Å². The number of hydrogen-bond acceptors (Lipinski definition) is 4. The van der Waals surface area contributed by atoms with Crippen molar-refractivity contribution in [3.05, 3.63) is 54.1 Å². The molecule has 0 atom stereocenters. The van der Waals surface area contributed by atoms with Gasteiger partial charge in [-0.15, -0.1) is 0 Å². The third-order valence-electron chi connectivity index (χ3n) is 3.20. The molecular formula is C16H13F5N2O4S. The zero-order chi connectivity index (χ0) is 20.9. The van der Waals surface area contributed by atoms with Crippen molar-refractivity contribution in [1.29, 1.82) is 0 Å². The standard InChI is InChI=1S/C16H13F5N2O4S/c17-15(18)27-13-7-2-1-6-12(13)23-28(25,26)11-5-3-4-10(8-11)14(24)22-9-16(19,20)21/h1-8,15,23H,9H2,(H,22,24). The summed E-state index contributed by atoms with van der Waals surface area (Å²) < 4.78 is 92.6. The summed E-state index contributed by atoms with van der Waals surface area (Å²) in [5.41, 5.74) is -0.612. The largest absolute Gasteiger partial charge is 0.433 e. The number of benzene rings is 2. The average Bonchev–Trinajstić information content (AvgIpc) is 2.60. The molecule has 2 aromatic rings. The van der Waals surface area contributed by atoms with Gasteiger partial charge in [0.1, 0.15) is 12.3 Å². The Kier molecular flexibility index (Phi) is 6.44. The van der Waals surface area contributed by atoms with Crippen molar-refractivity contribution in [2.45, 2.75) is 17.7 Å². The summed E-state index contributed by atoms with van der Waals surface area (Å²) in [6.07, 6.45) is -4.63. The maximum absolute atomic E-state index is 12.5. The molecule has 28 heavy (non-hydrogen) atoms. The first kappa shape index (κ1) is 21.4. The molecule has 0 saturated heterocycles. The molecular weight excluding hydrogens is 411 g/mol. The number of carbonyl (C=O) groups excluding carboxylic acids is 1. The molecule has 6 nitrogen and oxygen atoms in total. The molecule has 0 fully saturated rings. The van der Waals surface area contributed by atoms with E-state index in [1.54, 1.807) is 5.32 Å². The molecule has 0 aliphatic heterocycles. The van der Waals surface area contributed by atoms with E-state index in [1.807, 2.05) is 4.72 Å². The van der Waals surface area contributed by atoms with Gasteiger partial charge < -0.3 is 10.1 Å². The zero-order valence-electron chi connectivity index (χ0n) is 13.8. The van der Waals surface area contributed by atoms with E-state index in [-0.39, 0.29) is 11.3 Å². The van der Waals surface area contributed by atoms with Crippen molar-refractivity contribution in [3.8, 4) is 5.75 Å². The van der Waals surface area contributed by atoms with Crippen molar-refractivity contribution >= 4 is 21.6 Å². The van der Waals surface area contributed by atoms with Gasteiger partial charge in [-0.05, 0) is 30.3 Å². The van der Waals surface area contributed by atoms with Crippen LogP contribution in [-0.2, 0) is 10.0 Å². The van der Waals surface area contributed by atoms with E-state index in [0.717, 1.165) is 30.3 Å². The Balaban J connectivity index is 2.24. The monoisotopic (exact) mass is 424 g/mol. The topological polar surface area (TPSA) is 84.5 Å². The van der Waals surface area contributed by atoms with E-state index in [9.17, 15) is 35.2 Å². The second-order valence-corrected chi connectivity index (χ2v) is 6.99. The lowest BCUT2D eigenvalue weighted by Gasteiger charge is -2.13. The fourth-order valence-electron chi connectivity index (χ4n) is 2.04. The number of alkyl halides is 5. The second-order valence-electron chi connectivity index (χ2n) is 5.31. The van der Waals surface area contributed by atoms with Crippen molar-refractivity contribution < 1.29 is 39.9 Å². The second kappa shape index (κ2) is 8.42. The highest BCUT2D eigenvalue weighted by Gasteiger charge is 2.28. The third kappa shape index (κ3) is 6.08. The first-order valence-corrected chi connectivity index (χ1v) is 8.98. The lowest BCUT2D eigenvalue weighted by molar-refractivity contribution is -0.123. The Bertz CT molecular complexity index is 948. The van der Waals surface area contributed by atoms with Crippen molar-refractivity contribution in [2.75, 3.05) is 11.3 Å². The number of hydrogen-bond donors (Lipinski definition) is 2. The Hall–Kier alpha value is -2.89. The summed E-state index contributed by atoms with van der Waals surface area (Å²) in [5, 5.41) is 1.62. The van der Waals surface area contributed by atoms with Crippen LogP contribution in [0.25, 0.3) is 0 Å². The molecule has 0 unspecified atom stereocenters. The summed E-state index contributed by atoms with van der Waals surface area (Å²) in [6.45, 7) is -4.77. The summed E-state index contributed by atoms with van der Waals surface area (Å²) in [6, 6.07) is 9.22. The summed E-state index contributed by atoms with van der Waals surface area (Å²) >= 11 is 0. The minimum atomic E-state index is -4.63. The highest BCUT2D eigenvalue weighted by molar-refractivity contribution is 7.92. The summed E-state index contributed by atoms with van der Waals surface area (Å²) in [4.78, 5) is 11.3. The highest BCUT2D eigenvalue weighted by Crippen LogP contribution is 2.28. The molecule has 0 spiro atoms. The van der Waals surface area contributed by atoms with Crippen molar-refractivity contribution in [1.82, 2.24) is 5.32 Å². The SMILES string of the molecule is O=C(NCC(F)(F)F)c1cccc(S(=O)(=O)Nc2ccccc2OC(F)F)c1. The Labute approximate surface area is 156 Å². The molecule has 12 heteroatoms. The quantitative estimate of drug-likeness (QED) is 0.668. The molecule has 0 saturated carbocycles. The molecule has 0 aliphatic rings. The van der Waals surface area contributed by atoms with Gasteiger partial charge in [0.15, 0.2) is 0 Å². The number of halogens is 5. The molecule has 2 aromatic carbocycles. The van der Waals surface area contributed by atoms with E-state index in [4.69, 9.17) is 0 Å². The van der Waals surface area contributed by atoms with Gasteiger partial charge in [0.05, 0.1) is 10.6 Å². The van der Waals surface area contributed by atoms with Gasteiger partial charge in [0.2, 0.25) is 0 Å². The molecule has 1 amide bonds. The van der Waals surface area contributed by atoms with Crippen LogP contribution in [0.1, 0.15) is 10.4 Å². The minimum absolute atomic E-state index is 0.283. The molecule has 2 N–H and O–H groups in total. The zero-order valence-corrected chi connectivity index (χ0v) is 14.7. The van der Waals surface area contributed by atoms with Crippen LogP contribution in [0.3, 0.4) is 0 Å². The highest BCUT2D eigenvalue weighted by atomic mass is 32.2. The van der Waals surface area contributed by atoms with Crippen LogP contribution < -0.4 is 14.8 Å². The fraction of sp³-hybridized carbons (Fsp3) is 0.188. The molecule has 2 rings (SSSR count). The van der Waals surface area contributed by atoms with E-state index in [2.05, 4.69) is 4.74 Å². The number of amides is 1. The lowest BCUT2D eigenvalue weighted by Crippen LogP contribution is -2.33.